The Kier molecular flexibility index (Phi) is 3.55. The molecular formula is C12H16F2N2O4. The molecule has 0 radical (unpaired) electrons. The maximum atomic E-state index is 14.9. The van der Waals surface area contributed by atoms with Gasteiger partial charge in [-0.1, -0.05) is 13.8 Å². The van der Waals surface area contributed by atoms with Gasteiger partial charge in [-0.15, -0.1) is 0 Å². The van der Waals surface area contributed by atoms with E-state index in [0.717, 1.165) is 16.8 Å². The zero-order valence-corrected chi connectivity index (χ0v) is 11.1. The molecular weight excluding hydrogens is 274 g/mol. The van der Waals surface area contributed by atoms with Gasteiger partial charge in [-0.05, 0) is 6.42 Å². The van der Waals surface area contributed by atoms with Crippen LogP contribution in [0.3, 0.4) is 0 Å². The molecule has 2 N–H and O–H groups in total. The third kappa shape index (κ3) is 1.99. The third-order valence-corrected chi connectivity index (χ3v) is 3.71. The molecule has 4 atom stereocenters. The highest BCUT2D eigenvalue weighted by Crippen LogP contribution is 2.50. The van der Waals surface area contributed by atoms with Gasteiger partial charge in [0.25, 0.3) is 5.56 Å². The predicted molar refractivity (Wildman–Crippen MR) is 65.7 cm³/mol. The van der Waals surface area contributed by atoms with Crippen LogP contribution in [0.5, 0.6) is 0 Å². The van der Waals surface area contributed by atoms with Gasteiger partial charge in [0.2, 0.25) is 5.85 Å². The van der Waals surface area contributed by atoms with Crippen molar-refractivity contribution < 1.29 is 18.6 Å². The fourth-order valence-electron chi connectivity index (χ4n) is 2.39. The Morgan fingerprint density at radius 2 is 2.05 bits per heavy atom. The van der Waals surface area contributed by atoms with Gasteiger partial charge in [-0.25, -0.2) is 13.6 Å². The standard InChI is InChI=1S/C12H16F2N2O4/c1-3-11(13)8(18)12(14,4-2)20-9(11)16-6-5-7(17)15-10(16)19/h5-6,8-9,18H,3-4H2,1-2H3,(H,15,17,19). The number of aromatic amines is 1. The molecule has 0 spiro atoms. The summed E-state index contributed by atoms with van der Waals surface area (Å²) in [5.74, 6) is -2.58. The highest BCUT2D eigenvalue weighted by molar-refractivity contribution is 5.05. The van der Waals surface area contributed by atoms with E-state index in [0.29, 0.717) is 0 Å². The van der Waals surface area contributed by atoms with Gasteiger partial charge in [-0.3, -0.25) is 14.3 Å². The Balaban J connectivity index is 2.55. The maximum absolute atomic E-state index is 14.9. The number of hydrogen-bond acceptors (Lipinski definition) is 4. The first kappa shape index (κ1) is 14.9. The number of ether oxygens (including phenoxy) is 1. The molecule has 1 aromatic rings. The summed E-state index contributed by atoms with van der Waals surface area (Å²) in [6, 6.07) is 0.997. The summed E-state index contributed by atoms with van der Waals surface area (Å²) in [7, 11) is 0. The van der Waals surface area contributed by atoms with E-state index in [9.17, 15) is 23.5 Å². The summed E-state index contributed by atoms with van der Waals surface area (Å²) in [6.07, 6.45) is -3.17. The van der Waals surface area contributed by atoms with Gasteiger partial charge in [0, 0.05) is 18.7 Å². The molecule has 1 aliphatic rings. The molecule has 0 saturated carbocycles. The first-order valence-corrected chi connectivity index (χ1v) is 6.33. The van der Waals surface area contributed by atoms with Crippen LogP contribution in [0.15, 0.2) is 21.9 Å². The molecule has 0 aliphatic carbocycles. The number of H-pyrrole nitrogens is 1. The van der Waals surface area contributed by atoms with Crippen LogP contribution in [0.4, 0.5) is 8.78 Å². The molecule has 1 aliphatic heterocycles. The Hall–Kier alpha value is -1.54. The van der Waals surface area contributed by atoms with Gasteiger partial charge in [0.05, 0.1) is 0 Å². The molecule has 1 fully saturated rings. The highest BCUT2D eigenvalue weighted by atomic mass is 19.2. The van der Waals surface area contributed by atoms with E-state index in [-0.39, 0.29) is 12.8 Å². The monoisotopic (exact) mass is 290 g/mol. The van der Waals surface area contributed by atoms with Gasteiger partial charge in [0.1, 0.15) is 0 Å². The second-order valence-corrected chi connectivity index (χ2v) is 4.81. The predicted octanol–water partition coefficient (Wildman–Crippen LogP) is 0.620. The first-order valence-electron chi connectivity index (χ1n) is 6.33. The first-order chi connectivity index (χ1) is 9.28. The van der Waals surface area contributed by atoms with Crippen LogP contribution in [0.25, 0.3) is 0 Å². The quantitative estimate of drug-likeness (QED) is 0.854. The summed E-state index contributed by atoms with van der Waals surface area (Å²) >= 11 is 0. The van der Waals surface area contributed by atoms with Crippen molar-refractivity contribution in [3.63, 3.8) is 0 Å². The molecule has 112 valence electrons. The topological polar surface area (TPSA) is 84.3 Å². The minimum absolute atomic E-state index is 0.254. The van der Waals surface area contributed by atoms with Crippen molar-refractivity contribution in [2.24, 2.45) is 0 Å². The van der Waals surface area contributed by atoms with E-state index < -0.39 is 35.1 Å². The summed E-state index contributed by atoms with van der Waals surface area (Å²) < 4.78 is 35.0. The van der Waals surface area contributed by atoms with E-state index in [2.05, 4.69) is 0 Å². The molecule has 1 saturated heterocycles. The highest BCUT2D eigenvalue weighted by Gasteiger charge is 2.65. The Labute approximate surface area is 113 Å². The molecule has 2 rings (SSSR count). The normalized spacial score (nSPS) is 37.2. The molecule has 1 aromatic heterocycles. The van der Waals surface area contributed by atoms with Crippen molar-refractivity contribution in [2.45, 2.75) is 50.5 Å². The molecule has 20 heavy (non-hydrogen) atoms. The lowest BCUT2D eigenvalue weighted by molar-refractivity contribution is -0.188. The van der Waals surface area contributed by atoms with Crippen molar-refractivity contribution in [3.05, 3.63) is 33.1 Å². The summed E-state index contributed by atoms with van der Waals surface area (Å²) in [5, 5.41) is 9.88. The van der Waals surface area contributed by atoms with Gasteiger partial charge >= 0.3 is 5.69 Å². The number of halogens is 2. The third-order valence-electron chi connectivity index (χ3n) is 3.71. The van der Waals surface area contributed by atoms with Gasteiger partial charge in [0.15, 0.2) is 18.0 Å². The number of nitrogens with one attached hydrogen (secondary N) is 1. The number of rotatable bonds is 3. The van der Waals surface area contributed by atoms with Crippen molar-refractivity contribution in [1.29, 1.82) is 0 Å². The van der Waals surface area contributed by atoms with Gasteiger partial charge in [-0.2, -0.15) is 0 Å². The molecule has 4 unspecified atom stereocenters. The fourth-order valence-corrected chi connectivity index (χ4v) is 2.39. The average molecular weight is 290 g/mol. The van der Waals surface area contributed by atoms with Crippen LogP contribution in [0.1, 0.15) is 32.9 Å². The van der Waals surface area contributed by atoms with E-state index in [1.807, 2.05) is 4.98 Å². The zero-order valence-electron chi connectivity index (χ0n) is 11.1. The Morgan fingerprint density at radius 3 is 2.55 bits per heavy atom. The van der Waals surface area contributed by atoms with Crippen LogP contribution in [0, 0.1) is 0 Å². The van der Waals surface area contributed by atoms with Crippen molar-refractivity contribution in [1.82, 2.24) is 9.55 Å². The van der Waals surface area contributed by atoms with Gasteiger partial charge < -0.3 is 9.84 Å². The summed E-state index contributed by atoms with van der Waals surface area (Å²) in [4.78, 5) is 24.6. The summed E-state index contributed by atoms with van der Waals surface area (Å²) in [5.41, 5.74) is -4.05. The summed E-state index contributed by atoms with van der Waals surface area (Å²) in [6.45, 7) is 2.81. The smallest absolute Gasteiger partial charge is 0.330 e. The van der Waals surface area contributed by atoms with Crippen molar-refractivity contribution >= 4 is 0 Å². The number of aromatic nitrogens is 2. The SMILES string of the molecule is CCC1(F)OC(n2ccc(=O)[nH]c2=O)C(F)(CC)C1O. The van der Waals surface area contributed by atoms with Crippen LogP contribution >= 0.6 is 0 Å². The molecule has 6 nitrogen and oxygen atoms in total. The lowest BCUT2D eigenvalue weighted by atomic mass is 9.91. The molecule has 8 heteroatoms. The Bertz CT molecular complexity index is 616. The second-order valence-electron chi connectivity index (χ2n) is 4.81. The molecule has 0 bridgehead atoms. The van der Waals surface area contributed by atoms with Crippen LogP contribution in [-0.4, -0.2) is 32.3 Å². The van der Waals surface area contributed by atoms with Crippen molar-refractivity contribution in [3.8, 4) is 0 Å². The van der Waals surface area contributed by atoms with Crippen LogP contribution in [0.2, 0.25) is 0 Å². The second kappa shape index (κ2) is 4.78. The molecule has 0 aromatic carbocycles. The van der Waals surface area contributed by atoms with Crippen LogP contribution < -0.4 is 11.2 Å². The van der Waals surface area contributed by atoms with Crippen LogP contribution in [-0.2, 0) is 4.74 Å². The minimum Gasteiger partial charge on any atom is -0.384 e. The lowest BCUT2D eigenvalue weighted by Crippen LogP contribution is -2.47. The number of nitrogens with zero attached hydrogens (tertiary/aromatic N) is 1. The Morgan fingerprint density at radius 1 is 1.40 bits per heavy atom. The maximum Gasteiger partial charge on any atom is 0.330 e. The van der Waals surface area contributed by atoms with E-state index >= 15 is 0 Å². The largest absolute Gasteiger partial charge is 0.384 e. The minimum atomic E-state index is -2.58. The van der Waals surface area contributed by atoms with E-state index in [1.54, 1.807) is 0 Å². The number of aliphatic hydroxyl groups is 1. The molecule has 0 amide bonds. The zero-order chi connectivity index (χ0) is 15.1. The average Bonchev–Trinajstić information content (AvgIpc) is 2.62. The lowest BCUT2D eigenvalue weighted by Gasteiger charge is -2.27. The van der Waals surface area contributed by atoms with Crippen molar-refractivity contribution in [2.75, 3.05) is 0 Å². The molecule has 2 heterocycles. The number of aliphatic hydroxyl groups excluding tert-OH is 1. The van der Waals surface area contributed by atoms with E-state index in [4.69, 9.17) is 4.74 Å². The van der Waals surface area contributed by atoms with E-state index in [1.165, 1.54) is 13.8 Å². The number of alkyl halides is 2. The fraction of sp³-hybridized carbons (Fsp3) is 0.667. The number of hydrogen-bond donors (Lipinski definition) is 2.